The summed E-state index contributed by atoms with van der Waals surface area (Å²) in [4.78, 5) is 10.8. The number of nitrogens with zero attached hydrogens (tertiary/aromatic N) is 2. The number of nitro benzene ring substituents is 1. The number of hydrogen-bond acceptors (Lipinski definition) is 3. The van der Waals surface area contributed by atoms with Crippen molar-refractivity contribution in [2.45, 2.75) is 39.7 Å². The first kappa shape index (κ1) is 18.2. The lowest BCUT2D eigenvalue weighted by molar-refractivity contribution is -0.671. The third-order valence-corrected chi connectivity index (χ3v) is 3.96. The maximum atomic E-state index is 11.2. The molecule has 0 unspecified atom stereocenters. The van der Waals surface area contributed by atoms with Gasteiger partial charge in [0.2, 0.25) is 0 Å². The smallest absolute Gasteiger partial charge is 0.311 e. The standard InChI is InChI=1S/C16H16ClN2O3.C2H6/c1-10-7-15(19(20)21)16(22-11-3-4-11)8-13(10)12-5-6-18(2)9-14(12)17;1-2/h5-9,11H,3-4H2,1-2H3;1-2H3/q+1;. The van der Waals surface area contributed by atoms with Gasteiger partial charge in [0.25, 0.3) is 0 Å². The van der Waals surface area contributed by atoms with Crippen molar-refractivity contribution in [2.24, 2.45) is 7.05 Å². The molecule has 0 amide bonds. The van der Waals surface area contributed by atoms with Gasteiger partial charge in [-0.25, -0.2) is 4.57 Å². The second kappa shape index (κ2) is 7.62. The number of hydrogen-bond donors (Lipinski definition) is 0. The molecule has 1 saturated carbocycles. The Kier molecular flexibility index (Phi) is 5.78. The third-order valence-electron chi connectivity index (χ3n) is 3.66. The van der Waals surface area contributed by atoms with Crippen LogP contribution < -0.4 is 9.30 Å². The number of pyridine rings is 1. The minimum atomic E-state index is -0.402. The van der Waals surface area contributed by atoms with E-state index in [2.05, 4.69) is 0 Å². The number of ether oxygens (including phenoxy) is 1. The Labute approximate surface area is 147 Å². The van der Waals surface area contributed by atoms with E-state index in [1.54, 1.807) is 18.3 Å². The average molecular weight is 350 g/mol. The van der Waals surface area contributed by atoms with Gasteiger partial charge in [0, 0.05) is 17.7 Å². The zero-order valence-electron chi connectivity index (χ0n) is 14.4. The lowest BCUT2D eigenvalue weighted by atomic mass is 10.00. The molecule has 5 nitrogen and oxygen atoms in total. The normalized spacial score (nSPS) is 13.0. The molecule has 0 bridgehead atoms. The first-order valence-corrected chi connectivity index (χ1v) is 8.44. The highest BCUT2D eigenvalue weighted by Gasteiger charge is 2.28. The quantitative estimate of drug-likeness (QED) is 0.460. The van der Waals surface area contributed by atoms with Crippen molar-refractivity contribution in [1.82, 2.24) is 0 Å². The maximum absolute atomic E-state index is 11.2. The van der Waals surface area contributed by atoms with Crippen molar-refractivity contribution < 1.29 is 14.2 Å². The van der Waals surface area contributed by atoms with Gasteiger partial charge in [-0.2, -0.15) is 0 Å². The Bertz CT molecular complexity index is 758. The fraction of sp³-hybridized carbons (Fsp3) is 0.389. The van der Waals surface area contributed by atoms with Crippen molar-refractivity contribution in [2.75, 3.05) is 0 Å². The first-order chi connectivity index (χ1) is 11.5. The zero-order chi connectivity index (χ0) is 17.9. The summed E-state index contributed by atoms with van der Waals surface area (Å²) in [6, 6.07) is 5.18. The van der Waals surface area contributed by atoms with E-state index in [4.69, 9.17) is 16.3 Å². The van der Waals surface area contributed by atoms with Crippen LogP contribution in [0.5, 0.6) is 5.75 Å². The molecule has 0 spiro atoms. The highest BCUT2D eigenvalue weighted by atomic mass is 35.5. The van der Waals surface area contributed by atoms with E-state index >= 15 is 0 Å². The summed E-state index contributed by atoms with van der Waals surface area (Å²) in [5.41, 5.74) is 2.50. The van der Waals surface area contributed by atoms with Crippen molar-refractivity contribution in [3.05, 3.63) is 51.3 Å². The zero-order valence-corrected chi connectivity index (χ0v) is 15.1. The highest BCUT2D eigenvalue weighted by Crippen LogP contribution is 2.39. The predicted molar refractivity (Wildman–Crippen MR) is 94.5 cm³/mol. The Morgan fingerprint density at radius 1 is 1.29 bits per heavy atom. The molecule has 24 heavy (non-hydrogen) atoms. The first-order valence-electron chi connectivity index (χ1n) is 8.06. The van der Waals surface area contributed by atoms with Gasteiger partial charge in [-0.3, -0.25) is 10.1 Å². The Hall–Kier alpha value is -2.14. The van der Waals surface area contributed by atoms with Crippen LogP contribution in [0.1, 0.15) is 32.3 Å². The van der Waals surface area contributed by atoms with Gasteiger partial charge in [-0.15, -0.1) is 0 Å². The largest absolute Gasteiger partial charge is 0.483 e. The van der Waals surface area contributed by atoms with E-state index in [9.17, 15) is 10.1 Å². The molecule has 6 heteroatoms. The summed E-state index contributed by atoms with van der Waals surface area (Å²) in [5, 5.41) is 11.8. The molecule has 0 radical (unpaired) electrons. The van der Waals surface area contributed by atoms with Crippen LogP contribution in [0.3, 0.4) is 0 Å². The van der Waals surface area contributed by atoms with Crippen molar-refractivity contribution in [3.63, 3.8) is 0 Å². The third kappa shape index (κ3) is 4.03. The molecule has 0 atom stereocenters. The van der Waals surface area contributed by atoms with E-state index in [1.165, 1.54) is 0 Å². The SMILES string of the molecule is CC.Cc1cc([N+](=O)[O-])c(OC2CC2)cc1-c1cc[n+](C)cc1Cl. The van der Waals surface area contributed by atoms with Gasteiger partial charge in [0.15, 0.2) is 18.1 Å². The summed E-state index contributed by atoms with van der Waals surface area (Å²) >= 11 is 6.31. The molecule has 1 aromatic carbocycles. The Morgan fingerprint density at radius 2 is 1.96 bits per heavy atom. The monoisotopic (exact) mass is 349 g/mol. The number of halogens is 1. The Balaban J connectivity index is 0.00000100. The van der Waals surface area contributed by atoms with E-state index in [0.29, 0.717) is 10.8 Å². The minimum absolute atomic E-state index is 0.00533. The number of aryl methyl sites for hydroxylation is 2. The summed E-state index contributed by atoms with van der Waals surface area (Å²) < 4.78 is 7.56. The van der Waals surface area contributed by atoms with Gasteiger partial charge in [0.05, 0.1) is 11.0 Å². The van der Waals surface area contributed by atoms with Crippen LogP contribution >= 0.6 is 11.6 Å². The second-order valence-electron chi connectivity index (χ2n) is 5.58. The molecule has 128 valence electrons. The van der Waals surface area contributed by atoms with E-state index < -0.39 is 4.92 Å². The Morgan fingerprint density at radius 3 is 2.50 bits per heavy atom. The summed E-state index contributed by atoms with van der Waals surface area (Å²) in [6.45, 7) is 5.84. The van der Waals surface area contributed by atoms with Gasteiger partial charge in [-0.05, 0) is 37.0 Å². The molecule has 0 saturated heterocycles. The molecule has 1 fully saturated rings. The summed E-state index contributed by atoms with van der Waals surface area (Å²) in [5.74, 6) is 0.317. The molecule has 2 aromatic rings. The van der Waals surface area contributed by atoms with Gasteiger partial charge in [-0.1, -0.05) is 25.4 Å². The van der Waals surface area contributed by atoms with Crippen molar-refractivity contribution in [1.29, 1.82) is 0 Å². The van der Waals surface area contributed by atoms with Crippen LogP contribution in [-0.4, -0.2) is 11.0 Å². The molecular formula is C18H22ClN2O3+. The van der Waals surface area contributed by atoms with Crippen molar-refractivity contribution >= 4 is 17.3 Å². The van der Waals surface area contributed by atoms with Crippen LogP contribution in [0.25, 0.3) is 11.1 Å². The number of rotatable bonds is 4. The second-order valence-corrected chi connectivity index (χ2v) is 5.99. The van der Waals surface area contributed by atoms with Crippen LogP contribution in [0.2, 0.25) is 5.02 Å². The summed E-state index contributed by atoms with van der Waals surface area (Å²) in [6.07, 6.45) is 5.69. The molecule has 1 aromatic heterocycles. The average Bonchev–Trinajstić information content (AvgIpc) is 3.35. The van der Waals surface area contributed by atoms with Crippen LogP contribution in [0.15, 0.2) is 30.6 Å². The van der Waals surface area contributed by atoms with E-state index in [1.807, 2.05) is 44.6 Å². The van der Waals surface area contributed by atoms with Crippen molar-refractivity contribution in [3.8, 4) is 16.9 Å². The molecule has 3 rings (SSSR count). The van der Waals surface area contributed by atoms with E-state index in [0.717, 1.165) is 29.5 Å². The van der Waals surface area contributed by atoms with Gasteiger partial charge < -0.3 is 4.74 Å². The lowest BCUT2D eigenvalue weighted by Gasteiger charge is -2.11. The maximum Gasteiger partial charge on any atom is 0.311 e. The lowest BCUT2D eigenvalue weighted by Crippen LogP contribution is -2.26. The van der Waals surface area contributed by atoms with Crippen LogP contribution in [0, 0.1) is 17.0 Å². The topological polar surface area (TPSA) is 56.3 Å². The molecule has 0 N–H and O–H groups in total. The molecule has 1 aliphatic carbocycles. The fourth-order valence-corrected chi connectivity index (χ4v) is 2.67. The molecular weight excluding hydrogens is 328 g/mol. The highest BCUT2D eigenvalue weighted by molar-refractivity contribution is 6.33. The molecule has 1 heterocycles. The van der Waals surface area contributed by atoms with Crippen LogP contribution in [-0.2, 0) is 7.05 Å². The number of nitro groups is 1. The number of aromatic nitrogens is 1. The fourth-order valence-electron chi connectivity index (χ4n) is 2.35. The van der Waals surface area contributed by atoms with Crippen LogP contribution in [0.4, 0.5) is 5.69 Å². The molecule has 0 aliphatic heterocycles. The van der Waals surface area contributed by atoms with Gasteiger partial charge in [0.1, 0.15) is 12.1 Å². The number of benzene rings is 1. The molecule has 1 aliphatic rings. The summed E-state index contributed by atoms with van der Waals surface area (Å²) in [7, 11) is 1.89. The van der Waals surface area contributed by atoms with Gasteiger partial charge >= 0.3 is 5.69 Å². The minimum Gasteiger partial charge on any atom is -0.483 e. The predicted octanol–water partition coefficient (Wildman–Crippen LogP) is 4.62. The van der Waals surface area contributed by atoms with E-state index in [-0.39, 0.29) is 11.8 Å².